The molecule has 2 aromatic carbocycles. The summed E-state index contributed by atoms with van der Waals surface area (Å²) in [5, 5.41) is 0.188. The molecule has 1 unspecified atom stereocenters. The molecule has 0 radical (unpaired) electrons. The van der Waals surface area contributed by atoms with Gasteiger partial charge in [-0.25, -0.2) is 0 Å². The molecule has 2 aromatic rings. The van der Waals surface area contributed by atoms with Gasteiger partial charge in [0.25, 0.3) is 11.8 Å². The quantitative estimate of drug-likeness (QED) is 0.676. The molecule has 1 fully saturated rings. The molecule has 0 saturated heterocycles. The predicted molar refractivity (Wildman–Crippen MR) is 111 cm³/mol. The molecule has 2 N–H and O–H groups in total. The van der Waals surface area contributed by atoms with Crippen LogP contribution in [0.3, 0.4) is 0 Å². The van der Waals surface area contributed by atoms with Crippen molar-refractivity contribution in [1.29, 1.82) is 0 Å². The molecule has 0 heterocycles. The van der Waals surface area contributed by atoms with Gasteiger partial charge in [-0.3, -0.25) is 9.59 Å². The largest absolute Gasteiger partial charge is 0.493 e. The fourth-order valence-electron chi connectivity index (χ4n) is 3.31. The number of amides is 2. The van der Waals surface area contributed by atoms with Crippen molar-refractivity contribution < 1.29 is 19.1 Å². The minimum Gasteiger partial charge on any atom is -0.493 e. The van der Waals surface area contributed by atoms with E-state index in [-0.39, 0.29) is 35.1 Å². The summed E-state index contributed by atoms with van der Waals surface area (Å²) in [6.45, 7) is 2.26. The van der Waals surface area contributed by atoms with Crippen molar-refractivity contribution in [3.8, 4) is 11.5 Å². The SMILES string of the molecule is COc1cc(C(=O)N(Cc2ccccc2)C(C)C2CC2)cc(Cl)c1OCC(N)=O. The number of ether oxygens (including phenoxy) is 2. The van der Waals surface area contributed by atoms with Crippen molar-refractivity contribution in [3.63, 3.8) is 0 Å². The van der Waals surface area contributed by atoms with Crippen LogP contribution in [0.1, 0.15) is 35.7 Å². The number of halogens is 1. The van der Waals surface area contributed by atoms with Crippen LogP contribution in [0.4, 0.5) is 0 Å². The van der Waals surface area contributed by atoms with Crippen molar-refractivity contribution >= 4 is 23.4 Å². The van der Waals surface area contributed by atoms with E-state index in [9.17, 15) is 9.59 Å². The Balaban J connectivity index is 1.90. The Labute approximate surface area is 175 Å². The summed E-state index contributed by atoms with van der Waals surface area (Å²) < 4.78 is 10.7. The summed E-state index contributed by atoms with van der Waals surface area (Å²) >= 11 is 6.33. The summed E-state index contributed by atoms with van der Waals surface area (Å²) in [6.07, 6.45) is 2.26. The molecule has 1 atom stereocenters. The predicted octanol–water partition coefficient (Wildman–Crippen LogP) is 3.65. The Morgan fingerprint density at radius 1 is 1.24 bits per heavy atom. The second-order valence-electron chi connectivity index (χ2n) is 7.24. The van der Waals surface area contributed by atoms with E-state index in [1.165, 1.54) is 7.11 Å². The fourth-order valence-corrected chi connectivity index (χ4v) is 3.57. The lowest BCUT2D eigenvalue weighted by atomic mass is 10.1. The van der Waals surface area contributed by atoms with Crippen LogP contribution >= 0.6 is 11.6 Å². The first kappa shape index (κ1) is 21.0. The molecule has 29 heavy (non-hydrogen) atoms. The van der Waals surface area contributed by atoms with E-state index in [1.54, 1.807) is 12.1 Å². The maximum Gasteiger partial charge on any atom is 0.255 e. The smallest absolute Gasteiger partial charge is 0.255 e. The summed E-state index contributed by atoms with van der Waals surface area (Å²) in [4.78, 5) is 26.3. The molecule has 0 aromatic heterocycles. The Morgan fingerprint density at radius 3 is 2.52 bits per heavy atom. The average molecular weight is 417 g/mol. The summed E-state index contributed by atoms with van der Waals surface area (Å²) in [5.74, 6) is 0.221. The lowest BCUT2D eigenvalue weighted by Gasteiger charge is -2.30. The van der Waals surface area contributed by atoms with Gasteiger partial charge in [-0.2, -0.15) is 0 Å². The van der Waals surface area contributed by atoms with Crippen LogP contribution in [-0.2, 0) is 11.3 Å². The van der Waals surface area contributed by atoms with Gasteiger partial charge >= 0.3 is 0 Å². The summed E-state index contributed by atoms with van der Waals surface area (Å²) in [5.41, 5.74) is 6.60. The zero-order valence-electron chi connectivity index (χ0n) is 16.6. The zero-order chi connectivity index (χ0) is 21.0. The van der Waals surface area contributed by atoms with Gasteiger partial charge in [0.1, 0.15) is 0 Å². The molecule has 2 amide bonds. The van der Waals surface area contributed by atoms with Gasteiger partial charge in [-0.15, -0.1) is 0 Å². The van der Waals surface area contributed by atoms with Crippen molar-refractivity contribution in [3.05, 3.63) is 58.6 Å². The number of carbonyl (C=O) groups excluding carboxylic acids is 2. The van der Waals surface area contributed by atoms with Gasteiger partial charge in [0, 0.05) is 18.2 Å². The van der Waals surface area contributed by atoms with E-state index < -0.39 is 5.91 Å². The fraction of sp³-hybridized carbons (Fsp3) is 0.364. The number of hydrogen-bond acceptors (Lipinski definition) is 4. The van der Waals surface area contributed by atoms with Gasteiger partial charge in [0.15, 0.2) is 18.1 Å². The molecular formula is C22H25ClN2O4. The average Bonchev–Trinajstić information content (AvgIpc) is 3.55. The second-order valence-corrected chi connectivity index (χ2v) is 7.65. The highest BCUT2D eigenvalue weighted by Crippen LogP contribution is 2.39. The minimum absolute atomic E-state index is 0.110. The first-order chi connectivity index (χ1) is 13.9. The molecule has 154 valence electrons. The highest BCUT2D eigenvalue weighted by molar-refractivity contribution is 6.32. The van der Waals surface area contributed by atoms with Crippen LogP contribution in [0.2, 0.25) is 5.02 Å². The maximum absolute atomic E-state index is 13.4. The maximum atomic E-state index is 13.4. The molecule has 6 nitrogen and oxygen atoms in total. The number of nitrogens with two attached hydrogens (primary N) is 1. The highest BCUT2D eigenvalue weighted by Gasteiger charge is 2.35. The van der Waals surface area contributed by atoms with E-state index in [0.29, 0.717) is 18.0 Å². The van der Waals surface area contributed by atoms with Crippen LogP contribution in [-0.4, -0.2) is 36.5 Å². The Morgan fingerprint density at radius 2 is 1.93 bits per heavy atom. The van der Waals surface area contributed by atoms with Crippen molar-refractivity contribution in [1.82, 2.24) is 4.90 Å². The zero-order valence-corrected chi connectivity index (χ0v) is 17.3. The van der Waals surface area contributed by atoms with E-state index in [4.69, 9.17) is 26.8 Å². The third-order valence-electron chi connectivity index (χ3n) is 5.09. The van der Waals surface area contributed by atoms with E-state index >= 15 is 0 Å². The lowest BCUT2D eigenvalue weighted by molar-refractivity contribution is -0.119. The van der Waals surface area contributed by atoms with E-state index in [2.05, 4.69) is 6.92 Å². The Bertz CT molecular complexity index is 884. The summed E-state index contributed by atoms with van der Waals surface area (Å²) in [7, 11) is 1.45. The normalized spacial score (nSPS) is 14.2. The minimum atomic E-state index is -0.629. The number of primary amides is 1. The van der Waals surface area contributed by atoms with E-state index in [1.807, 2.05) is 35.2 Å². The van der Waals surface area contributed by atoms with E-state index in [0.717, 1.165) is 18.4 Å². The highest BCUT2D eigenvalue weighted by atomic mass is 35.5. The molecule has 1 aliphatic rings. The molecule has 0 bridgehead atoms. The molecular weight excluding hydrogens is 392 g/mol. The van der Waals surface area contributed by atoms with Gasteiger partial charge in [-0.05, 0) is 43.4 Å². The Kier molecular flexibility index (Phi) is 6.64. The number of hydrogen-bond donors (Lipinski definition) is 1. The number of methoxy groups -OCH3 is 1. The monoisotopic (exact) mass is 416 g/mol. The molecule has 7 heteroatoms. The van der Waals surface area contributed by atoms with Crippen LogP contribution in [0, 0.1) is 5.92 Å². The first-order valence-electron chi connectivity index (χ1n) is 9.54. The standard InChI is InChI=1S/C22H25ClN2O4/c1-14(16-8-9-16)25(12-15-6-4-3-5-7-15)22(27)17-10-18(23)21(19(11-17)28-2)29-13-20(24)26/h3-7,10-11,14,16H,8-9,12-13H2,1-2H3,(H2,24,26). The number of carbonyl (C=O) groups is 2. The van der Waals surface area contributed by atoms with Gasteiger partial charge in [0.05, 0.1) is 12.1 Å². The number of benzene rings is 2. The number of nitrogens with zero attached hydrogens (tertiary/aromatic N) is 1. The van der Waals surface area contributed by atoms with Crippen LogP contribution in [0.25, 0.3) is 0 Å². The van der Waals surface area contributed by atoms with Crippen LogP contribution in [0.15, 0.2) is 42.5 Å². The van der Waals surface area contributed by atoms with Crippen molar-refractivity contribution in [2.75, 3.05) is 13.7 Å². The topological polar surface area (TPSA) is 81.9 Å². The van der Waals surface area contributed by atoms with Crippen LogP contribution < -0.4 is 15.2 Å². The molecule has 1 aliphatic carbocycles. The molecule has 1 saturated carbocycles. The van der Waals surface area contributed by atoms with Gasteiger partial charge in [0.2, 0.25) is 0 Å². The molecule has 3 rings (SSSR count). The third kappa shape index (κ3) is 5.21. The molecule has 0 aliphatic heterocycles. The number of rotatable bonds is 9. The van der Waals surface area contributed by atoms with Crippen LogP contribution in [0.5, 0.6) is 11.5 Å². The summed E-state index contributed by atoms with van der Waals surface area (Å²) in [6, 6.07) is 13.1. The van der Waals surface area contributed by atoms with Gasteiger partial charge in [-0.1, -0.05) is 41.9 Å². The van der Waals surface area contributed by atoms with Crippen molar-refractivity contribution in [2.45, 2.75) is 32.4 Å². The lowest BCUT2D eigenvalue weighted by Crippen LogP contribution is -2.39. The second kappa shape index (κ2) is 9.18. The van der Waals surface area contributed by atoms with Crippen molar-refractivity contribution in [2.24, 2.45) is 11.7 Å². The molecule has 0 spiro atoms. The Hall–Kier alpha value is -2.73. The first-order valence-corrected chi connectivity index (χ1v) is 9.92. The van der Waals surface area contributed by atoms with Gasteiger partial charge < -0.3 is 20.1 Å². The third-order valence-corrected chi connectivity index (χ3v) is 5.37.